The Kier molecular flexibility index (Phi) is 4.29. The minimum Gasteiger partial charge on any atom is -0.271 e. The van der Waals surface area contributed by atoms with E-state index in [4.69, 9.17) is 5.84 Å². The van der Waals surface area contributed by atoms with Crippen LogP contribution in [0.15, 0.2) is 36.7 Å². The zero-order chi connectivity index (χ0) is 15.6. The summed E-state index contributed by atoms with van der Waals surface area (Å²) in [5.41, 5.74) is 5.01. The van der Waals surface area contributed by atoms with Crippen LogP contribution in [0.2, 0.25) is 0 Å². The van der Waals surface area contributed by atoms with E-state index in [-0.39, 0.29) is 0 Å². The molecule has 0 fully saturated rings. The van der Waals surface area contributed by atoms with Crippen LogP contribution in [0, 0.1) is 13.8 Å². The van der Waals surface area contributed by atoms with Crippen molar-refractivity contribution in [2.45, 2.75) is 26.1 Å². The van der Waals surface area contributed by atoms with Crippen molar-refractivity contribution in [1.82, 2.24) is 10.4 Å². The summed E-state index contributed by atoms with van der Waals surface area (Å²) in [4.78, 5) is 4.05. The number of hydrazine groups is 1. The molecule has 112 valence electrons. The van der Waals surface area contributed by atoms with E-state index in [0.717, 1.165) is 23.3 Å². The van der Waals surface area contributed by atoms with Gasteiger partial charge in [0.25, 0.3) is 0 Å². The Morgan fingerprint density at radius 3 is 2.33 bits per heavy atom. The molecule has 0 aliphatic heterocycles. The number of hydrogen-bond donors (Lipinski definition) is 2. The third-order valence-corrected chi connectivity index (χ3v) is 3.47. The second-order valence-electron chi connectivity index (χ2n) is 4.90. The molecule has 21 heavy (non-hydrogen) atoms. The van der Waals surface area contributed by atoms with Crippen molar-refractivity contribution < 1.29 is 13.2 Å². The van der Waals surface area contributed by atoms with Gasteiger partial charge in [-0.3, -0.25) is 10.8 Å². The molecule has 0 amide bonds. The summed E-state index contributed by atoms with van der Waals surface area (Å²) >= 11 is 0. The molecule has 1 aromatic heterocycles. The molecule has 3 N–H and O–H groups in total. The molecule has 0 saturated heterocycles. The molecule has 1 heterocycles. The maximum atomic E-state index is 12.7. The van der Waals surface area contributed by atoms with Crippen molar-refractivity contribution >= 4 is 0 Å². The molecular weight excluding hydrogens is 279 g/mol. The van der Waals surface area contributed by atoms with Crippen molar-refractivity contribution in [3.05, 3.63) is 64.5 Å². The van der Waals surface area contributed by atoms with Crippen LogP contribution < -0.4 is 11.3 Å². The van der Waals surface area contributed by atoms with Crippen LogP contribution in [0.4, 0.5) is 13.2 Å². The molecule has 0 aliphatic carbocycles. The van der Waals surface area contributed by atoms with Crippen LogP contribution in [-0.4, -0.2) is 4.98 Å². The molecule has 0 radical (unpaired) electrons. The number of pyridine rings is 1. The highest BCUT2D eigenvalue weighted by Gasteiger charge is 2.31. The first-order valence-electron chi connectivity index (χ1n) is 6.39. The van der Waals surface area contributed by atoms with E-state index in [1.807, 2.05) is 13.0 Å². The van der Waals surface area contributed by atoms with E-state index in [1.54, 1.807) is 19.3 Å². The Bertz CT molecular complexity index is 638. The maximum absolute atomic E-state index is 12.7. The lowest BCUT2D eigenvalue weighted by Gasteiger charge is -2.21. The molecular formula is C15H16F3N3. The van der Waals surface area contributed by atoms with E-state index in [9.17, 15) is 13.2 Å². The first-order valence-corrected chi connectivity index (χ1v) is 6.39. The first kappa shape index (κ1) is 15.5. The number of alkyl halides is 3. The molecule has 2 aromatic rings. The van der Waals surface area contributed by atoms with Gasteiger partial charge in [0, 0.05) is 12.4 Å². The number of aryl methyl sites for hydroxylation is 2. The van der Waals surface area contributed by atoms with Crippen LogP contribution in [-0.2, 0) is 6.18 Å². The average Bonchev–Trinajstić information content (AvgIpc) is 2.42. The quantitative estimate of drug-likeness (QED) is 0.675. The average molecular weight is 295 g/mol. The van der Waals surface area contributed by atoms with E-state index in [1.165, 1.54) is 6.07 Å². The third-order valence-electron chi connectivity index (χ3n) is 3.47. The number of nitrogens with zero attached hydrogens (tertiary/aromatic N) is 1. The number of rotatable bonds is 3. The third kappa shape index (κ3) is 3.22. The van der Waals surface area contributed by atoms with Crippen molar-refractivity contribution in [3.8, 4) is 0 Å². The van der Waals surface area contributed by atoms with Gasteiger partial charge in [-0.05, 0) is 54.3 Å². The number of nitrogens with one attached hydrogen (secondary N) is 1. The van der Waals surface area contributed by atoms with Gasteiger partial charge in [0.05, 0.1) is 11.6 Å². The summed E-state index contributed by atoms with van der Waals surface area (Å²) < 4.78 is 38.2. The van der Waals surface area contributed by atoms with E-state index >= 15 is 0 Å². The lowest BCUT2D eigenvalue weighted by Crippen LogP contribution is -2.30. The zero-order valence-electron chi connectivity index (χ0n) is 11.7. The van der Waals surface area contributed by atoms with Crippen molar-refractivity contribution in [2.75, 3.05) is 0 Å². The van der Waals surface area contributed by atoms with E-state index in [0.29, 0.717) is 11.1 Å². The Labute approximate surface area is 121 Å². The standard InChI is InChI=1S/C15H16F3N3/c1-9-5-6-20-8-13(9)14(21-19)12-4-3-11(7-10(12)2)15(16,17)18/h3-8,14,21H,19H2,1-2H3. The van der Waals surface area contributed by atoms with Gasteiger partial charge in [-0.15, -0.1) is 0 Å². The summed E-state index contributed by atoms with van der Waals surface area (Å²) in [6.45, 7) is 3.54. The normalized spacial score (nSPS) is 13.2. The first-order chi connectivity index (χ1) is 9.84. The summed E-state index contributed by atoms with van der Waals surface area (Å²) in [5, 5.41) is 0. The fourth-order valence-corrected chi connectivity index (χ4v) is 2.30. The van der Waals surface area contributed by atoms with Crippen molar-refractivity contribution in [1.29, 1.82) is 0 Å². The second-order valence-corrected chi connectivity index (χ2v) is 4.90. The topological polar surface area (TPSA) is 50.9 Å². The molecule has 0 aliphatic rings. The summed E-state index contributed by atoms with van der Waals surface area (Å²) in [5.74, 6) is 5.60. The Hall–Kier alpha value is -1.92. The van der Waals surface area contributed by atoms with Gasteiger partial charge in [-0.2, -0.15) is 13.2 Å². The van der Waals surface area contributed by atoms with Gasteiger partial charge < -0.3 is 0 Å². The van der Waals surface area contributed by atoms with Gasteiger partial charge in [0.1, 0.15) is 0 Å². The van der Waals surface area contributed by atoms with Gasteiger partial charge in [-0.1, -0.05) is 6.07 Å². The molecule has 0 bridgehead atoms. The Balaban J connectivity index is 2.47. The largest absolute Gasteiger partial charge is 0.416 e. The monoisotopic (exact) mass is 295 g/mol. The molecule has 0 spiro atoms. The van der Waals surface area contributed by atoms with Gasteiger partial charge in [-0.25, -0.2) is 5.43 Å². The highest BCUT2D eigenvalue weighted by atomic mass is 19.4. The summed E-state index contributed by atoms with van der Waals surface area (Å²) in [7, 11) is 0. The fourth-order valence-electron chi connectivity index (χ4n) is 2.30. The molecule has 1 atom stereocenters. The summed E-state index contributed by atoms with van der Waals surface area (Å²) in [6, 6.07) is 5.08. The van der Waals surface area contributed by atoms with Crippen LogP contribution >= 0.6 is 0 Å². The highest BCUT2D eigenvalue weighted by molar-refractivity contribution is 5.41. The predicted molar refractivity (Wildman–Crippen MR) is 74.3 cm³/mol. The zero-order valence-corrected chi connectivity index (χ0v) is 11.7. The Morgan fingerprint density at radius 2 is 1.81 bits per heavy atom. The second kappa shape index (κ2) is 5.83. The lowest BCUT2D eigenvalue weighted by atomic mass is 9.93. The summed E-state index contributed by atoms with van der Waals surface area (Å²) in [6.07, 6.45) is -1.03. The number of nitrogens with two attached hydrogens (primary N) is 1. The SMILES string of the molecule is Cc1cc(C(F)(F)F)ccc1C(NN)c1cnccc1C. The van der Waals surface area contributed by atoms with Crippen LogP contribution in [0.3, 0.4) is 0 Å². The molecule has 6 heteroatoms. The van der Waals surface area contributed by atoms with Crippen molar-refractivity contribution in [2.24, 2.45) is 5.84 Å². The molecule has 2 rings (SSSR count). The van der Waals surface area contributed by atoms with E-state index in [2.05, 4.69) is 10.4 Å². The number of hydrogen-bond acceptors (Lipinski definition) is 3. The van der Waals surface area contributed by atoms with Crippen LogP contribution in [0.1, 0.15) is 33.9 Å². The van der Waals surface area contributed by atoms with Crippen LogP contribution in [0.5, 0.6) is 0 Å². The smallest absolute Gasteiger partial charge is 0.271 e. The van der Waals surface area contributed by atoms with Crippen molar-refractivity contribution in [3.63, 3.8) is 0 Å². The number of aromatic nitrogens is 1. The van der Waals surface area contributed by atoms with Gasteiger partial charge >= 0.3 is 6.18 Å². The molecule has 3 nitrogen and oxygen atoms in total. The Morgan fingerprint density at radius 1 is 1.10 bits per heavy atom. The highest BCUT2D eigenvalue weighted by Crippen LogP contribution is 2.33. The lowest BCUT2D eigenvalue weighted by molar-refractivity contribution is -0.137. The predicted octanol–water partition coefficient (Wildman–Crippen LogP) is 3.27. The van der Waals surface area contributed by atoms with Crippen LogP contribution in [0.25, 0.3) is 0 Å². The fraction of sp³-hybridized carbons (Fsp3) is 0.267. The molecule has 0 saturated carbocycles. The minimum absolute atomic E-state index is 0.402. The molecule has 1 aromatic carbocycles. The maximum Gasteiger partial charge on any atom is 0.416 e. The van der Waals surface area contributed by atoms with Gasteiger partial charge in [0.2, 0.25) is 0 Å². The van der Waals surface area contributed by atoms with E-state index < -0.39 is 17.8 Å². The van der Waals surface area contributed by atoms with Gasteiger partial charge in [0.15, 0.2) is 0 Å². The molecule has 1 unspecified atom stereocenters. The minimum atomic E-state index is -4.35. The number of benzene rings is 1. The number of halogens is 3.